The second-order valence-electron chi connectivity index (χ2n) is 10.1. The van der Waals surface area contributed by atoms with Gasteiger partial charge in [0.1, 0.15) is 6.61 Å². The van der Waals surface area contributed by atoms with Crippen LogP contribution in [0.5, 0.6) is 0 Å². The summed E-state index contributed by atoms with van der Waals surface area (Å²) in [5.74, 6) is -1.02. The van der Waals surface area contributed by atoms with E-state index in [9.17, 15) is 19.5 Å². The third-order valence-corrected chi connectivity index (χ3v) is 7.79. The van der Waals surface area contributed by atoms with Crippen LogP contribution in [0, 0.1) is 11.8 Å². The Morgan fingerprint density at radius 2 is 1.66 bits per heavy atom. The number of fused-ring (bicyclic) bond motifs is 3. The third-order valence-electron chi connectivity index (χ3n) is 7.79. The Bertz CT molecular complexity index is 1070. The monoisotopic (exact) mass is 476 g/mol. The summed E-state index contributed by atoms with van der Waals surface area (Å²) in [5.41, 5.74) is 4.76. The third kappa shape index (κ3) is 5.04. The zero-order valence-corrected chi connectivity index (χ0v) is 19.8. The molecule has 2 unspecified atom stereocenters. The second kappa shape index (κ2) is 10.1. The van der Waals surface area contributed by atoms with Crippen LogP contribution >= 0.6 is 0 Å². The van der Waals surface area contributed by atoms with Gasteiger partial charge in [-0.15, -0.1) is 0 Å². The van der Waals surface area contributed by atoms with E-state index >= 15 is 0 Å². The fourth-order valence-corrected chi connectivity index (χ4v) is 5.98. The van der Waals surface area contributed by atoms with E-state index in [2.05, 4.69) is 29.6 Å². The molecule has 5 rings (SSSR count). The van der Waals surface area contributed by atoms with E-state index in [1.165, 1.54) is 22.3 Å². The van der Waals surface area contributed by atoms with Gasteiger partial charge in [0.05, 0.1) is 5.92 Å². The fourth-order valence-electron chi connectivity index (χ4n) is 5.98. The number of likely N-dealkylation sites (tertiary alicyclic amines) is 1. The predicted molar refractivity (Wildman–Crippen MR) is 131 cm³/mol. The predicted octanol–water partition coefficient (Wildman–Crippen LogP) is 4.41. The molecule has 0 aromatic heterocycles. The first-order valence-corrected chi connectivity index (χ1v) is 12.6. The highest BCUT2D eigenvalue weighted by Crippen LogP contribution is 2.44. The molecule has 0 bridgehead atoms. The molecule has 184 valence electrons. The molecule has 1 heterocycles. The Balaban J connectivity index is 1.10. The molecule has 1 aliphatic heterocycles. The van der Waals surface area contributed by atoms with E-state index < -0.39 is 18.0 Å². The highest BCUT2D eigenvalue weighted by molar-refractivity contribution is 5.79. The first-order valence-electron chi connectivity index (χ1n) is 12.6. The standard InChI is InChI=1S/C28H32N2O5/c31-26(30-13-5-6-19(16-30)27(32)33)15-18-11-12-20(14-18)29-28(34)35-17-25-23-9-3-1-7-21(23)22-8-2-4-10-24(22)25/h1-4,7-10,18-20,25H,5-6,11-17H2,(H,29,34)(H,32,33)/t18?,19-,20?/m1/s1. The number of piperidine rings is 1. The van der Waals surface area contributed by atoms with E-state index in [1.807, 2.05) is 24.3 Å². The Hall–Kier alpha value is -3.35. The number of carbonyl (C=O) groups is 3. The zero-order chi connectivity index (χ0) is 24.4. The summed E-state index contributed by atoms with van der Waals surface area (Å²) in [6, 6.07) is 16.5. The van der Waals surface area contributed by atoms with Crippen molar-refractivity contribution in [1.29, 1.82) is 0 Å². The molecule has 35 heavy (non-hydrogen) atoms. The topological polar surface area (TPSA) is 95.9 Å². The number of ether oxygens (including phenoxy) is 1. The molecule has 2 N–H and O–H groups in total. The van der Waals surface area contributed by atoms with Crippen LogP contribution in [0.25, 0.3) is 11.1 Å². The van der Waals surface area contributed by atoms with E-state index in [1.54, 1.807) is 4.90 Å². The molecule has 2 aromatic rings. The number of hydrogen-bond donors (Lipinski definition) is 2. The molecular weight excluding hydrogens is 444 g/mol. The van der Waals surface area contributed by atoms with Gasteiger partial charge in [0, 0.05) is 31.5 Å². The van der Waals surface area contributed by atoms with Gasteiger partial charge in [-0.1, -0.05) is 48.5 Å². The lowest BCUT2D eigenvalue weighted by molar-refractivity contribution is -0.145. The Morgan fingerprint density at radius 3 is 2.34 bits per heavy atom. The first-order chi connectivity index (χ1) is 17.0. The summed E-state index contributed by atoms with van der Waals surface area (Å²) in [6.45, 7) is 1.23. The molecular formula is C28H32N2O5. The average Bonchev–Trinajstić information content (AvgIpc) is 3.44. The number of carbonyl (C=O) groups excluding carboxylic acids is 2. The lowest BCUT2D eigenvalue weighted by Crippen LogP contribution is -2.42. The first kappa shape index (κ1) is 23.4. The number of alkyl carbamates (subject to hydrolysis) is 1. The Kier molecular flexibility index (Phi) is 6.75. The zero-order valence-electron chi connectivity index (χ0n) is 19.8. The molecule has 0 radical (unpaired) electrons. The molecule has 0 spiro atoms. The normalized spacial score (nSPS) is 23.4. The molecule has 1 saturated heterocycles. The molecule has 2 aromatic carbocycles. The van der Waals surface area contributed by atoms with Crippen molar-refractivity contribution >= 4 is 18.0 Å². The molecule has 3 atom stereocenters. The van der Waals surface area contributed by atoms with Gasteiger partial charge in [-0.05, 0) is 60.3 Å². The van der Waals surface area contributed by atoms with E-state index in [0.717, 1.165) is 25.7 Å². The van der Waals surface area contributed by atoms with Crippen molar-refractivity contribution in [2.75, 3.05) is 19.7 Å². The number of carboxylic acid groups (broad SMARTS) is 1. The molecule has 2 amide bonds. The SMILES string of the molecule is O=C(NC1CCC(CC(=O)N2CCC[C@@H](C(=O)O)C2)C1)OCC1c2ccccc2-c2ccccc21. The summed E-state index contributed by atoms with van der Waals surface area (Å²) in [5, 5.41) is 12.3. The van der Waals surface area contributed by atoms with Crippen LogP contribution < -0.4 is 5.32 Å². The van der Waals surface area contributed by atoms with Gasteiger partial charge in [-0.3, -0.25) is 9.59 Å². The van der Waals surface area contributed by atoms with Gasteiger partial charge in [0.15, 0.2) is 0 Å². The molecule has 2 fully saturated rings. The number of nitrogens with one attached hydrogen (secondary N) is 1. The highest BCUT2D eigenvalue weighted by atomic mass is 16.5. The second-order valence-corrected chi connectivity index (χ2v) is 10.1. The van der Waals surface area contributed by atoms with Crippen LogP contribution in [-0.4, -0.2) is 53.7 Å². The van der Waals surface area contributed by atoms with Crippen molar-refractivity contribution in [2.45, 2.75) is 50.5 Å². The van der Waals surface area contributed by atoms with Crippen LogP contribution in [0.4, 0.5) is 4.79 Å². The van der Waals surface area contributed by atoms with E-state index in [4.69, 9.17) is 4.74 Å². The maximum absolute atomic E-state index is 12.7. The summed E-state index contributed by atoms with van der Waals surface area (Å²) < 4.78 is 5.67. The van der Waals surface area contributed by atoms with Crippen LogP contribution in [0.1, 0.15) is 55.6 Å². The summed E-state index contributed by atoms with van der Waals surface area (Å²) >= 11 is 0. The van der Waals surface area contributed by atoms with E-state index in [-0.39, 0.29) is 30.4 Å². The van der Waals surface area contributed by atoms with Gasteiger partial charge >= 0.3 is 12.1 Å². The summed E-state index contributed by atoms with van der Waals surface area (Å²) in [6.07, 6.45) is 3.80. The number of carboxylic acids is 1. The minimum atomic E-state index is -0.823. The summed E-state index contributed by atoms with van der Waals surface area (Å²) in [7, 11) is 0. The minimum Gasteiger partial charge on any atom is -0.481 e. The van der Waals surface area contributed by atoms with Crippen molar-refractivity contribution in [2.24, 2.45) is 11.8 Å². The molecule has 2 aliphatic carbocycles. The number of nitrogens with zero attached hydrogens (tertiary/aromatic N) is 1. The van der Waals surface area contributed by atoms with Gasteiger partial charge < -0.3 is 20.1 Å². The van der Waals surface area contributed by atoms with Crippen molar-refractivity contribution in [3.63, 3.8) is 0 Å². The molecule has 3 aliphatic rings. The van der Waals surface area contributed by atoms with Crippen molar-refractivity contribution in [3.05, 3.63) is 59.7 Å². The highest BCUT2D eigenvalue weighted by Gasteiger charge is 2.33. The smallest absolute Gasteiger partial charge is 0.407 e. The molecule has 7 nitrogen and oxygen atoms in total. The number of hydrogen-bond acceptors (Lipinski definition) is 4. The average molecular weight is 477 g/mol. The molecule has 1 saturated carbocycles. The quantitative estimate of drug-likeness (QED) is 0.644. The Labute approximate surface area is 205 Å². The summed E-state index contributed by atoms with van der Waals surface area (Å²) in [4.78, 5) is 38.3. The van der Waals surface area contributed by atoms with Crippen LogP contribution in [0.15, 0.2) is 48.5 Å². The largest absolute Gasteiger partial charge is 0.481 e. The van der Waals surface area contributed by atoms with Crippen molar-refractivity contribution < 1.29 is 24.2 Å². The van der Waals surface area contributed by atoms with Crippen molar-refractivity contribution in [3.8, 4) is 11.1 Å². The van der Waals surface area contributed by atoms with Gasteiger partial charge in [-0.2, -0.15) is 0 Å². The maximum Gasteiger partial charge on any atom is 0.407 e. The van der Waals surface area contributed by atoms with Crippen LogP contribution in [0.3, 0.4) is 0 Å². The number of amides is 2. The van der Waals surface area contributed by atoms with E-state index in [0.29, 0.717) is 25.9 Å². The fraction of sp³-hybridized carbons (Fsp3) is 0.464. The molecule has 7 heteroatoms. The number of aliphatic carboxylic acids is 1. The lowest BCUT2D eigenvalue weighted by Gasteiger charge is -2.31. The van der Waals surface area contributed by atoms with Gasteiger partial charge in [0.2, 0.25) is 5.91 Å². The number of benzene rings is 2. The van der Waals surface area contributed by atoms with Crippen molar-refractivity contribution in [1.82, 2.24) is 10.2 Å². The van der Waals surface area contributed by atoms with Gasteiger partial charge in [-0.25, -0.2) is 4.79 Å². The lowest BCUT2D eigenvalue weighted by atomic mass is 9.96. The minimum absolute atomic E-state index is 0.00317. The van der Waals surface area contributed by atoms with Crippen LogP contribution in [-0.2, 0) is 14.3 Å². The van der Waals surface area contributed by atoms with Crippen LogP contribution in [0.2, 0.25) is 0 Å². The maximum atomic E-state index is 12.7. The number of rotatable bonds is 6. The Morgan fingerprint density at radius 1 is 0.971 bits per heavy atom. The van der Waals surface area contributed by atoms with Gasteiger partial charge in [0.25, 0.3) is 0 Å².